The Kier molecular flexibility index (Phi) is 5.14. The third-order valence-electron chi connectivity index (χ3n) is 3.99. The Bertz CT molecular complexity index is 840. The van der Waals surface area contributed by atoms with Gasteiger partial charge in [0.05, 0.1) is 6.54 Å². The fourth-order valence-electron chi connectivity index (χ4n) is 2.72. The molecule has 4 heteroatoms. The Morgan fingerprint density at radius 3 is 2.50 bits per heavy atom. The monoisotopic (exact) mass is 338 g/mol. The van der Waals surface area contributed by atoms with Gasteiger partial charge in [-0.25, -0.2) is 0 Å². The van der Waals surface area contributed by atoms with Gasteiger partial charge in [-0.3, -0.25) is 4.79 Å². The van der Waals surface area contributed by atoms with Crippen LogP contribution in [0.1, 0.15) is 18.5 Å². The molecule has 0 aliphatic carbocycles. The highest BCUT2D eigenvalue weighted by atomic mass is 35.5. The van der Waals surface area contributed by atoms with Gasteiger partial charge >= 0.3 is 0 Å². The molecule has 0 unspecified atom stereocenters. The number of hydrogen-bond acceptors (Lipinski definition) is 2. The van der Waals surface area contributed by atoms with Crippen LogP contribution < -0.4 is 10.6 Å². The summed E-state index contributed by atoms with van der Waals surface area (Å²) in [5.74, 6) is -0.0793. The molecular formula is C20H19ClN2O. The maximum absolute atomic E-state index is 12.1. The van der Waals surface area contributed by atoms with Gasteiger partial charge in [-0.05, 0) is 47.5 Å². The summed E-state index contributed by atoms with van der Waals surface area (Å²) in [5.41, 5.74) is 1.93. The normalized spacial score (nSPS) is 12.1. The lowest BCUT2D eigenvalue weighted by atomic mass is 10.00. The maximum Gasteiger partial charge on any atom is 0.238 e. The van der Waals surface area contributed by atoms with Gasteiger partial charge in [-0.2, -0.15) is 0 Å². The van der Waals surface area contributed by atoms with Crippen LogP contribution in [0.5, 0.6) is 0 Å². The molecule has 3 nitrogen and oxygen atoms in total. The number of carbonyl (C=O) groups is 1. The SMILES string of the molecule is C[C@@H](NCC(=O)Nc1ccc(Cl)cc1)c1cccc2ccccc12. The molecular weight excluding hydrogens is 320 g/mol. The first kappa shape index (κ1) is 16.5. The Morgan fingerprint density at radius 1 is 1.00 bits per heavy atom. The van der Waals surface area contributed by atoms with Crippen LogP contribution in [0.2, 0.25) is 5.02 Å². The quantitative estimate of drug-likeness (QED) is 0.702. The molecule has 2 N–H and O–H groups in total. The molecule has 3 aromatic rings. The van der Waals surface area contributed by atoms with Crippen molar-refractivity contribution in [3.63, 3.8) is 0 Å². The van der Waals surface area contributed by atoms with Gasteiger partial charge in [0.15, 0.2) is 0 Å². The lowest BCUT2D eigenvalue weighted by Crippen LogP contribution is -2.30. The highest BCUT2D eigenvalue weighted by Crippen LogP contribution is 2.23. The van der Waals surface area contributed by atoms with E-state index in [1.165, 1.54) is 16.3 Å². The summed E-state index contributed by atoms with van der Waals surface area (Å²) in [4.78, 5) is 12.1. The molecule has 24 heavy (non-hydrogen) atoms. The minimum Gasteiger partial charge on any atom is -0.325 e. The zero-order chi connectivity index (χ0) is 16.9. The molecule has 0 aromatic heterocycles. The number of amides is 1. The van der Waals surface area contributed by atoms with E-state index in [0.29, 0.717) is 5.02 Å². The van der Waals surface area contributed by atoms with Crippen molar-refractivity contribution in [2.75, 3.05) is 11.9 Å². The predicted molar refractivity (Wildman–Crippen MR) is 100 cm³/mol. The summed E-state index contributed by atoms with van der Waals surface area (Å²) in [7, 11) is 0. The van der Waals surface area contributed by atoms with E-state index in [0.717, 1.165) is 5.69 Å². The summed E-state index contributed by atoms with van der Waals surface area (Å²) in [5, 5.41) is 9.20. The van der Waals surface area contributed by atoms with Crippen LogP contribution in [0.15, 0.2) is 66.7 Å². The highest BCUT2D eigenvalue weighted by Gasteiger charge is 2.10. The van der Waals surface area contributed by atoms with E-state index < -0.39 is 0 Å². The molecule has 0 radical (unpaired) electrons. The van der Waals surface area contributed by atoms with Crippen molar-refractivity contribution < 1.29 is 4.79 Å². The highest BCUT2D eigenvalue weighted by molar-refractivity contribution is 6.30. The molecule has 3 rings (SSSR count). The number of carbonyl (C=O) groups excluding carboxylic acids is 1. The van der Waals surface area contributed by atoms with Crippen molar-refractivity contribution in [1.82, 2.24) is 5.32 Å². The van der Waals surface area contributed by atoms with Crippen molar-refractivity contribution >= 4 is 34.0 Å². The zero-order valence-electron chi connectivity index (χ0n) is 13.4. The Morgan fingerprint density at radius 2 is 1.71 bits per heavy atom. The average molecular weight is 339 g/mol. The van der Waals surface area contributed by atoms with E-state index in [9.17, 15) is 4.79 Å². The molecule has 1 atom stereocenters. The van der Waals surface area contributed by atoms with E-state index in [1.807, 2.05) is 18.2 Å². The number of halogens is 1. The van der Waals surface area contributed by atoms with E-state index in [4.69, 9.17) is 11.6 Å². The lowest BCUT2D eigenvalue weighted by molar-refractivity contribution is -0.115. The third kappa shape index (κ3) is 3.94. The van der Waals surface area contributed by atoms with E-state index in [1.54, 1.807) is 24.3 Å². The van der Waals surface area contributed by atoms with Crippen LogP contribution >= 0.6 is 11.6 Å². The lowest BCUT2D eigenvalue weighted by Gasteiger charge is -2.16. The topological polar surface area (TPSA) is 41.1 Å². The minimum absolute atomic E-state index is 0.0760. The molecule has 122 valence electrons. The van der Waals surface area contributed by atoms with Gasteiger partial charge in [0.1, 0.15) is 0 Å². The Labute approximate surface area is 146 Å². The maximum atomic E-state index is 12.1. The third-order valence-corrected chi connectivity index (χ3v) is 4.24. The first-order valence-corrected chi connectivity index (χ1v) is 8.28. The summed E-state index contributed by atoms with van der Waals surface area (Å²) >= 11 is 5.84. The summed E-state index contributed by atoms with van der Waals surface area (Å²) in [6.07, 6.45) is 0. The second-order valence-electron chi connectivity index (χ2n) is 5.73. The molecule has 0 spiro atoms. The van der Waals surface area contributed by atoms with E-state index >= 15 is 0 Å². The molecule has 3 aromatic carbocycles. The van der Waals surface area contributed by atoms with Crippen molar-refractivity contribution in [1.29, 1.82) is 0 Å². The van der Waals surface area contributed by atoms with Crippen LogP contribution in [0, 0.1) is 0 Å². The molecule has 0 aliphatic heterocycles. The van der Waals surface area contributed by atoms with Crippen LogP contribution in [-0.2, 0) is 4.79 Å². The van der Waals surface area contributed by atoms with Gasteiger partial charge in [0, 0.05) is 16.8 Å². The summed E-state index contributed by atoms with van der Waals surface area (Å²) in [6, 6.07) is 21.7. The molecule has 0 bridgehead atoms. The van der Waals surface area contributed by atoms with Gasteiger partial charge < -0.3 is 10.6 Å². The van der Waals surface area contributed by atoms with Crippen molar-refractivity contribution in [2.45, 2.75) is 13.0 Å². The molecule has 0 aliphatic rings. The number of rotatable bonds is 5. The van der Waals surface area contributed by atoms with Gasteiger partial charge in [-0.1, -0.05) is 54.1 Å². The number of hydrogen-bond donors (Lipinski definition) is 2. The van der Waals surface area contributed by atoms with Crippen LogP contribution in [0.3, 0.4) is 0 Å². The number of anilines is 1. The van der Waals surface area contributed by atoms with Crippen LogP contribution in [0.4, 0.5) is 5.69 Å². The first-order valence-electron chi connectivity index (χ1n) is 7.90. The van der Waals surface area contributed by atoms with Crippen molar-refractivity contribution in [2.24, 2.45) is 0 Å². The second-order valence-corrected chi connectivity index (χ2v) is 6.16. The first-order chi connectivity index (χ1) is 11.6. The smallest absolute Gasteiger partial charge is 0.238 e. The minimum atomic E-state index is -0.0793. The van der Waals surface area contributed by atoms with Gasteiger partial charge in [-0.15, -0.1) is 0 Å². The molecule has 0 saturated heterocycles. The van der Waals surface area contributed by atoms with Crippen molar-refractivity contribution in [3.05, 3.63) is 77.3 Å². The number of nitrogens with one attached hydrogen (secondary N) is 2. The van der Waals surface area contributed by atoms with Crippen LogP contribution in [0.25, 0.3) is 10.8 Å². The van der Waals surface area contributed by atoms with E-state index in [-0.39, 0.29) is 18.5 Å². The van der Waals surface area contributed by atoms with Crippen LogP contribution in [-0.4, -0.2) is 12.5 Å². The van der Waals surface area contributed by atoms with Gasteiger partial charge in [0.25, 0.3) is 0 Å². The summed E-state index contributed by atoms with van der Waals surface area (Å²) < 4.78 is 0. The summed E-state index contributed by atoms with van der Waals surface area (Å²) in [6.45, 7) is 2.31. The Balaban J connectivity index is 1.63. The van der Waals surface area contributed by atoms with Crippen molar-refractivity contribution in [3.8, 4) is 0 Å². The molecule has 0 heterocycles. The zero-order valence-corrected chi connectivity index (χ0v) is 14.2. The molecule has 0 fully saturated rings. The fourth-order valence-corrected chi connectivity index (χ4v) is 2.85. The molecule has 1 amide bonds. The Hall–Kier alpha value is -2.36. The molecule has 0 saturated carbocycles. The number of benzene rings is 3. The standard InChI is InChI=1S/C20H19ClN2O/c1-14(18-8-4-6-15-5-2-3-7-19(15)18)22-13-20(24)23-17-11-9-16(21)10-12-17/h2-12,14,22H,13H2,1H3,(H,23,24)/t14-/m1/s1. The second kappa shape index (κ2) is 7.47. The number of fused-ring (bicyclic) bond motifs is 1. The van der Waals surface area contributed by atoms with E-state index in [2.05, 4.69) is 41.8 Å². The average Bonchev–Trinajstić information content (AvgIpc) is 2.61. The van der Waals surface area contributed by atoms with Gasteiger partial charge in [0.2, 0.25) is 5.91 Å². The predicted octanol–water partition coefficient (Wildman–Crippen LogP) is 4.78. The fraction of sp³-hybridized carbons (Fsp3) is 0.150. The largest absolute Gasteiger partial charge is 0.325 e.